The van der Waals surface area contributed by atoms with E-state index in [9.17, 15) is 4.79 Å². The highest BCUT2D eigenvalue weighted by molar-refractivity contribution is 6.34. The van der Waals surface area contributed by atoms with Gasteiger partial charge in [-0.05, 0) is 30.3 Å². The van der Waals surface area contributed by atoms with Crippen molar-refractivity contribution in [1.29, 1.82) is 0 Å². The quantitative estimate of drug-likeness (QED) is 0.908. The maximum Gasteiger partial charge on any atom is 0.257 e. The van der Waals surface area contributed by atoms with Crippen LogP contribution in [0, 0.1) is 0 Å². The van der Waals surface area contributed by atoms with Crippen LogP contribution in [0.25, 0.3) is 0 Å². The number of hydrogen-bond acceptors (Lipinski definition) is 3. The minimum atomic E-state index is -0.320. The third-order valence-electron chi connectivity index (χ3n) is 2.98. The van der Waals surface area contributed by atoms with Gasteiger partial charge in [0.15, 0.2) is 11.5 Å². The summed E-state index contributed by atoms with van der Waals surface area (Å²) in [4.78, 5) is 12.3. The SMILES string of the molecule is O=C(Nc1ccc(Cl)cc1)c1cc2c(cc1Cl)OCCO2. The van der Waals surface area contributed by atoms with Gasteiger partial charge in [0.1, 0.15) is 13.2 Å². The number of benzene rings is 2. The molecule has 2 aromatic carbocycles. The van der Waals surface area contributed by atoms with E-state index in [0.29, 0.717) is 46.0 Å². The molecule has 0 atom stereocenters. The van der Waals surface area contributed by atoms with E-state index >= 15 is 0 Å². The second kappa shape index (κ2) is 5.84. The van der Waals surface area contributed by atoms with Crippen LogP contribution in [0.5, 0.6) is 11.5 Å². The van der Waals surface area contributed by atoms with Gasteiger partial charge in [0.05, 0.1) is 10.6 Å². The molecule has 1 aliphatic heterocycles. The zero-order valence-electron chi connectivity index (χ0n) is 10.9. The fourth-order valence-electron chi connectivity index (χ4n) is 1.97. The normalized spacial score (nSPS) is 12.9. The highest BCUT2D eigenvalue weighted by Crippen LogP contribution is 2.35. The van der Waals surface area contributed by atoms with Crippen LogP contribution in [0.3, 0.4) is 0 Å². The minimum Gasteiger partial charge on any atom is -0.486 e. The molecule has 1 N–H and O–H groups in total. The van der Waals surface area contributed by atoms with Gasteiger partial charge >= 0.3 is 0 Å². The minimum absolute atomic E-state index is 0.311. The summed E-state index contributed by atoms with van der Waals surface area (Å²) in [6, 6.07) is 10.00. The molecule has 4 nitrogen and oxygen atoms in total. The van der Waals surface area contributed by atoms with Crippen molar-refractivity contribution in [3.63, 3.8) is 0 Å². The molecular formula is C15H11Cl2NO3. The van der Waals surface area contributed by atoms with Crippen molar-refractivity contribution in [2.45, 2.75) is 0 Å². The van der Waals surface area contributed by atoms with Crippen LogP contribution in [0.4, 0.5) is 5.69 Å². The molecule has 1 aliphatic rings. The zero-order valence-corrected chi connectivity index (χ0v) is 12.4. The van der Waals surface area contributed by atoms with E-state index in [1.807, 2.05) is 0 Å². The summed E-state index contributed by atoms with van der Waals surface area (Å²) >= 11 is 11.9. The average Bonchev–Trinajstić information content (AvgIpc) is 2.49. The largest absolute Gasteiger partial charge is 0.486 e. The van der Waals surface area contributed by atoms with E-state index in [1.54, 1.807) is 36.4 Å². The Morgan fingerprint density at radius 2 is 1.62 bits per heavy atom. The summed E-state index contributed by atoms with van der Waals surface area (Å²) in [6.07, 6.45) is 0. The summed E-state index contributed by atoms with van der Waals surface area (Å²) in [6.45, 7) is 0.923. The topological polar surface area (TPSA) is 47.6 Å². The van der Waals surface area contributed by atoms with Crippen LogP contribution in [0.2, 0.25) is 10.0 Å². The summed E-state index contributed by atoms with van der Waals surface area (Å²) in [5.74, 6) is 0.750. The maximum absolute atomic E-state index is 12.3. The molecular weight excluding hydrogens is 313 g/mol. The predicted molar refractivity (Wildman–Crippen MR) is 81.8 cm³/mol. The molecule has 0 saturated carbocycles. The first-order valence-corrected chi connectivity index (χ1v) is 7.05. The summed E-state index contributed by atoms with van der Waals surface area (Å²) in [5.41, 5.74) is 0.964. The molecule has 0 aliphatic carbocycles. The molecule has 1 amide bonds. The zero-order chi connectivity index (χ0) is 14.8. The van der Waals surface area contributed by atoms with Crippen molar-refractivity contribution >= 4 is 34.8 Å². The van der Waals surface area contributed by atoms with Gasteiger partial charge in [0.25, 0.3) is 5.91 Å². The number of amides is 1. The molecule has 0 saturated heterocycles. The molecule has 2 aromatic rings. The van der Waals surface area contributed by atoms with Gasteiger partial charge in [-0.1, -0.05) is 23.2 Å². The standard InChI is InChI=1S/C15H11Cl2NO3/c16-9-1-3-10(4-2-9)18-15(19)11-7-13-14(8-12(11)17)21-6-5-20-13/h1-4,7-8H,5-6H2,(H,18,19). The van der Waals surface area contributed by atoms with E-state index in [0.717, 1.165) is 0 Å². The second-order valence-electron chi connectivity index (χ2n) is 4.44. The van der Waals surface area contributed by atoms with E-state index < -0.39 is 0 Å². The Hall–Kier alpha value is -1.91. The van der Waals surface area contributed by atoms with Crippen molar-refractivity contribution < 1.29 is 14.3 Å². The van der Waals surface area contributed by atoms with E-state index in [4.69, 9.17) is 32.7 Å². The molecule has 0 fully saturated rings. The number of halogens is 2. The van der Waals surface area contributed by atoms with Crippen molar-refractivity contribution in [3.8, 4) is 11.5 Å². The Labute approximate surface area is 131 Å². The number of carbonyl (C=O) groups is 1. The van der Waals surface area contributed by atoms with Crippen LogP contribution in [0.1, 0.15) is 10.4 Å². The molecule has 0 spiro atoms. The average molecular weight is 324 g/mol. The molecule has 108 valence electrons. The lowest BCUT2D eigenvalue weighted by atomic mass is 10.1. The molecule has 0 radical (unpaired) electrons. The maximum atomic E-state index is 12.3. The molecule has 3 rings (SSSR count). The van der Waals surface area contributed by atoms with Gasteiger partial charge in [0, 0.05) is 16.8 Å². The number of fused-ring (bicyclic) bond motifs is 1. The number of rotatable bonds is 2. The second-order valence-corrected chi connectivity index (χ2v) is 5.28. The van der Waals surface area contributed by atoms with Gasteiger partial charge in [0.2, 0.25) is 0 Å². The van der Waals surface area contributed by atoms with Crippen LogP contribution >= 0.6 is 23.2 Å². The summed E-state index contributed by atoms with van der Waals surface area (Å²) in [5, 5.41) is 3.67. The van der Waals surface area contributed by atoms with Gasteiger partial charge < -0.3 is 14.8 Å². The summed E-state index contributed by atoms with van der Waals surface area (Å²) < 4.78 is 10.9. The lowest BCUT2D eigenvalue weighted by molar-refractivity contribution is 0.102. The first-order valence-electron chi connectivity index (χ1n) is 6.29. The Morgan fingerprint density at radius 1 is 1.00 bits per heavy atom. The first kappa shape index (κ1) is 14.0. The molecule has 0 bridgehead atoms. The molecule has 1 heterocycles. The Kier molecular flexibility index (Phi) is 3.90. The van der Waals surface area contributed by atoms with Crippen molar-refractivity contribution in [3.05, 3.63) is 52.0 Å². The third kappa shape index (κ3) is 3.06. The van der Waals surface area contributed by atoms with E-state index in [1.165, 1.54) is 0 Å². The van der Waals surface area contributed by atoms with Gasteiger partial charge in [-0.3, -0.25) is 4.79 Å². The van der Waals surface area contributed by atoms with Gasteiger partial charge in [-0.25, -0.2) is 0 Å². The highest BCUT2D eigenvalue weighted by atomic mass is 35.5. The highest BCUT2D eigenvalue weighted by Gasteiger charge is 2.19. The van der Waals surface area contributed by atoms with Crippen LogP contribution in [-0.4, -0.2) is 19.1 Å². The summed E-state index contributed by atoms with van der Waals surface area (Å²) in [7, 11) is 0. The van der Waals surface area contributed by atoms with Crippen LogP contribution in [0.15, 0.2) is 36.4 Å². The van der Waals surface area contributed by atoms with Crippen LogP contribution < -0.4 is 14.8 Å². The number of nitrogens with one attached hydrogen (secondary N) is 1. The van der Waals surface area contributed by atoms with Crippen molar-refractivity contribution in [2.75, 3.05) is 18.5 Å². The van der Waals surface area contributed by atoms with Gasteiger partial charge in [-0.15, -0.1) is 0 Å². The Bertz CT molecular complexity index is 686. The Morgan fingerprint density at radius 3 is 2.29 bits per heavy atom. The number of hydrogen-bond donors (Lipinski definition) is 1. The fraction of sp³-hybridized carbons (Fsp3) is 0.133. The molecule has 6 heteroatoms. The smallest absolute Gasteiger partial charge is 0.257 e. The van der Waals surface area contributed by atoms with Crippen molar-refractivity contribution in [1.82, 2.24) is 0 Å². The lowest BCUT2D eigenvalue weighted by Crippen LogP contribution is -2.17. The Balaban J connectivity index is 1.85. The first-order chi connectivity index (χ1) is 10.1. The van der Waals surface area contributed by atoms with Crippen LogP contribution in [-0.2, 0) is 0 Å². The lowest BCUT2D eigenvalue weighted by Gasteiger charge is -2.19. The number of ether oxygens (including phenoxy) is 2. The molecule has 0 aromatic heterocycles. The molecule has 0 unspecified atom stereocenters. The van der Waals surface area contributed by atoms with E-state index in [-0.39, 0.29) is 5.91 Å². The predicted octanol–water partition coefficient (Wildman–Crippen LogP) is 4.02. The monoisotopic (exact) mass is 323 g/mol. The van der Waals surface area contributed by atoms with E-state index in [2.05, 4.69) is 5.32 Å². The van der Waals surface area contributed by atoms with Gasteiger partial charge in [-0.2, -0.15) is 0 Å². The third-order valence-corrected chi connectivity index (χ3v) is 3.54. The number of anilines is 1. The molecule has 21 heavy (non-hydrogen) atoms. The van der Waals surface area contributed by atoms with Crippen molar-refractivity contribution in [2.24, 2.45) is 0 Å². The number of carbonyl (C=O) groups excluding carboxylic acids is 1. The fourth-order valence-corrected chi connectivity index (χ4v) is 2.34.